The summed E-state index contributed by atoms with van der Waals surface area (Å²) in [6, 6.07) is 4.06. The van der Waals surface area contributed by atoms with Crippen LogP contribution in [0.5, 0.6) is 5.75 Å². The second-order valence-corrected chi connectivity index (χ2v) is 4.21. The lowest BCUT2D eigenvalue weighted by atomic mass is 10.0. The monoisotopic (exact) mass is 244 g/mol. The molecule has 0 bridgehead atoms. The van der Waals surface area contributed by atoms with E-state index < -0.39 is 0 Å². The smallest absolute Gasteiger partial charge is 0.153 e. The summed E-state index contributed by atoms with van der Waals surface area (Å²) in [5.41, 5.74) is 4.31. The van der Waals surface area contributed by atoms with Crippen molar-refractivity contribution in [2.45, 2.75) is 20.8 Å². The van der Waals surface area contributed by atoms with Gasteiger partial charge < -0.3 is 4.74 Å². The molecular weight excluding hydrogens is 228 g/mol. The third kappa shape index (κ3) is 2.14. The summed E-state index contributed by atoms with van der Waals surface area (Å²) in [4.78, 5) is 11.0. The average Bonchev–Trinajstić information content (AvgIpc) is 2.80. The quantitative estimate of drug-likeness (QED) is 0.841. The van der Waals surface area contributed by atoms with Crippen LogP contribution < -0.4 is 4.74 Å². The molecular formula is C14H16N2O2. The number of nitrogens with one attached hydrogen (secondary N) is 1. The number of aryl methyl sites for hydroxylation is 2. The third-order valence-corrected chi connectivity index (χ3v) is 2.77. The van der Waals surface area contributed by atoms with Crippen molar-refractivity contribution in [3.63, 3.8) is 0 Å². The fraction of sp³-hybridized carbons (Fsp3) is 0.286. The van der Waals surface area contributed by atoms with Crippen molar-refractivity contribution in [1.82, 2.24) is 10.2 Å². The van der Waals surface area contributed by atoms with Gasteiger partial charge in [0.15, 0.2) is 6.29 Å². The second kappa shape index (κ2) is 5.04. The number of benzene rings is 1. The second-order valence-electron chi connectivity index (χ2n) is 4.21. The Bertz CT molecular complexity index is 573. The Morgan fingerprint density at radius 3 is 2.83 bits per heavy atom. The van der Waals surface area contributed by atoms with Crippen LogP contribution in [0.25, 0.3) is 11.3 Å². The lowest BCUT2D eigenvalue weighted by molar-refractivity contribution is 0.112. The number of carbonyl (C=O) groups excluding carboxylic acids is 1. The van der Waals surface area contributed by atoms with Gasteiger partial charge in [0, 0.05) is 5.56 Å². The summed E-state index contributed by atoms with van der Waals surface area (Å²) < 4.78 is 5.68. The molecule has 18 heavy (non-hydrogen) atoms. The lowest BCUT2D eigenvalue weighted by Gasteiger charge is -2.13. The highest BCUT2D eigenvalue weighted by Gasteiger charge is 2.15. The van der Waals surface area contributed by atoms with Crippen molar-refractivity contribution in [3.8, 4) is 17.0 Å². The topological polar surface area (TPSA) is 55.0 Å². The van der Waals surface area contributed by atoms with Crippen molar-refractivity contribution in [2.75, 3.05) is 6.61 Å². The van der Waals surface area contributed by atoms with Crippen LogP contribution in [0.3, 0.4) is 0 Å². The van der Waals surface area contributed by atoms with Gasteiger partial charge in [-0.15, -0.1) is 0 Å². The van der Waals surface area contributed by atoms with Gasteiger partial charge in [0.2, 0.25) is 0 Å². The highest BCUT2D eigenvalue weighted by Crippen LogP contribution is 2.34. The lowest BCUT2D eigenvalue weighted by Crippen LogP contribution is -1.99. The van der Waals surface area contributed by atoms with Gasteiger partial charge in [0.25, 0.3) is 0 Å². The van der Waals surface area contributed by atoms with Crippen LogP contribution >= 0.6 is 0 Å². The number of nitrogens with zero attached hydrogens (tertiary/aromatic N) is 1. The molecule has 4 heteroatoms. The number of hydrogen-bond acceptors (Lipinski definition) is 3. The molecule has 4 nitrogen and oxygen atoms in total. The van der Waals surface area contributed by atoms with E-state index in [0.29, 0.717) is 17.9 Å². The summed E-state index contributed by atoms with van der Waals surface area (Å²) in [6.07, 6.45) is 2.32. The van der Waals surface area contributed by atoms with Crippen LogP contribution in [0.2, 0.25) is 0 Å². The summed E-state index contributed by atoms with van der Waals surface area (Å²) in [7, 11) is 0. The number of aromatic amines is 1. The van der Waals surface area contributed by atoms with Gasteiger partial charge in [0.05, 0.1) is 24.1 Å². The fourth-order valence-corrected chi connectivity index (χ4v) is 2.08. The number of H-pyrrole nitrogens is 1. The molecule has 1 aromatic heterocycles. The zero-order valence-electron chi connectivity index (χ0n) is 10.8. The highest BCUT2D eigenvalue weighted by molar-refractivity contribution is 5.87. The Balaban J connectivity index is 2.65. The van der Waals surface area contributed by atoms with Gasteiger partial charge in [-0.2, -0.15) is 5.10 Å². The fourth-order valence-electron chi connectivity index (χ4n) is 2.08. The standard InChI is InChI=1S/C14H16N2O2/c1-4-18-14-10(3)5-9(2)6-12(14)13-11(8-17)7-15-16-13/h5-8H,4H2,1-3H3,(H,15,16). The zero-order chi connectivity index (χ0) is 13.1. The molecule has 0 aliphatic rings. The maximum atomic E-state index is 11.0. The van der Waals surface area contributed by atoms with E-state index in [1.807, 2.05) is 26.8 Å². The SMILES string of the molecule is CCOc1c(C)cc(C)cc1-c1[nH]ncc1C=O. The van der Waals surface area contributed by atoms with Crippen LogP contribution in [-0.2, 0) is 0 Å². The summed E-state index contributed by atoms with van der Waals surface area (Å²) in [5, 5.41) is 6.78. The summed E-state index contributed by atoms with van der Waals surface area (Å²) in [6.45, 7) is 6.54. The summed E-state index contributed by atoms with van der Waals surface area (Å²) >= 11 is 0. The van der Waals surface area contributed by atoms with Crippen molar-refractivity contribution in [1.29, 1.82) is 0 Å². The number of ether oxygens (including phenoxy) is 1. The van der Waals surface area contributed by atoms with Crippen molar-refractivity contribution in [3.05, 3.63) is 35.0 Å². The number of aldehydes is 1. The first kappa shape index (κ1) is 12.4. The first-order valence-corrected chi connectivity index (χ1v) is 5.90. The van der Waals surface area contributed by atoms with Gasteiger partial charge in [-0.3, -0.25) is 9.89 Å². The Hall–Kier alpha value is -2.10. The molecule has 0 saturated carbocycles. The van der Waals surface area contributed by atoms with Crippen molar-refractivity contribution >= 4 is 6.29 Å². The maximum Gasteiger partial charge on any atom is 0.153 e. The molecule has 0 fully saturated rings. The van der Waals surface area contributed by atoms with E-state index >= 15 is 0 Å². The molecule has 94 valence electrons. The van der Waals surface area contributed by atoms with E-state index in [1.165, 1.54) is 6.20 Å². The van der Waals surface area contributed by atoms with E-state index in [2.05, 4.69) is 16.3 Å². The summed E-state index contributed by atoms with van der Waals surface area (Å²) in [5.74, 6) is 0.801. The van der Waals surface area contributed by atoms with E-state index in [-0.39, 0.29) is 0 Å². The van der Waals surface area contributed by atoms with E-state index in [1.54, 1.807) is 0 Å². The van der Waals surface area contributed by atoms with E-state index in [4.69, 9.17) is 4.74 Å². The molecule has 1 heterocycles. The number of rotatable bonds is 4. The van der Waals surface area contributed by atoms with Crippen LogP contribution in [0.15, 0.2) is 18.3 Å². The van der Waals surface area contributed by atoms with E-state index in [9.17, 15) is 4.79 Å². The van der Waals surface area contributed by atoms with Gasteiger partial charge in [0.1, 0.15) is 5.75 Å². The Kier molecular flexibility index (Phi) is 3.46. The predicted octanol–water partition coefficient (Wildman–Crippen LogP) is 2.90. The van der Waals surface area contributed by atoms with Crippen molar-refractivity contribution < 1.29 is 9.53 Å². The van der Waals surface area contributed by atoms with Crippen LogP contribution in [0.4, 0.5) is 0 Å². The van der Waals surface area contributed by atoms with Gasteiger partial charge in [-0.25, -0.2) is 0 Å². The van der Waals surface area contributed by atoms with E-state index in [0.717, 1.165) is 28.7 Å². The molecule has 0 saturated heterocycles. The Morgan fingerprint density at radius 2 is 2.17 bits per heavy atom. The molecule has 0 unspecified atom stereocenters. The molecule has 0 amide bonds. The minimum absolute atomic E-state index is 0.543. The normalized spacial score (nSPS) is 10.4. The van der Waals surface area contributed by atoms with Gasteiger partial charge in [-0.05, 0) is 38.0 Å². The minimum atomic E-state index is 0.543. The number of carbonyl (C=O) groups is 1. The highest BCUT2D eigenvalue weighted by atomic mass is 16.5. The Morgan fingerprint density at radius 1 is 1.39 bits per heavy atom. The zero-order valence-corrected chi connectivity index (χ0v) is 10.8. The first-order chi connectivity index (χ1) is 8.67. The number of hydrogen-bond donors (Lipinski definition) is 1. The molecule has 0 aliphatic carbocycles. The maximum absolute atomic E-state index is 11.0. The molecule has 0 atom stereocenters. The molecule has 0 radical (unpaired) electrons. The predicted molar refractivity (Wildman–Crippen MR) is 70.1 cm³/mol. The third-order valence-electron chi connectivity index (χ3n) is 2.77. The molecule has 2 aromatic rings. The van der Waals surface area contributed by atoms with Crippen LogP contribution in [-0.4, -0.2) is 23.1 Å². The largest absolute Gasteiger partial charge is 0.493 e. The molecule has 2 rings (SSSR count). The molecule has 0 spiro atoms. The molecule has 1 N–H and O–H groups in total. The van der Waals surface area contributed by atoms with Gasteiger partial charge >= 0.3 is 0 Å². The first-order valence-electron chi connectivity index (χ1n) is 5.90. The average molecular weight is 244 g/mol. The van der Waals surface area contributed by atoms with Crippen LogP contribution in [0, 0.1) is 13.8 Å². The van der Waals surface area contributed by atoms with Crippen LogP contribution in [0.1, 0.15) is 28.4 Å². The minimum Gasteiger partial charge on any atom is -0.493 e. The van der Waals surface area contributed by atoms with Crippen molar-refractivity contribution in [2.24, 2.45) is 0 Å². The number of aromatic nitrogens is 2. The Labute approximate surface area is 106 Å². The molecule has 1 aromatic carbocycles. The molecule has 0 aliphatic heterocycles. The van der Waals surface area contributed by atoms with Gasteiger partial charge in [-0.1, -0.05) is 6.07 Å².